The fourth-order valence-corrected chi connectivity index (χ4v) is 5.54. The predicted molar refractivity (Wildman–Crippen MR) is 180 cm³/mol. The molecule has 3 atom stereocenters. The van der Waals surface area contributed by atoms with Gasteiger partial charge in [0.2, 0.25) is 0 Å². The van der Waals surface area contributed by atoms with Crippen LogP contribution in [0.1, 0.15) is 35.1 Å². The molecule has 1 amide bonds. The van der Waals surface area contributed by atoms with Crippen molar-refractivity contribution < 1.29 is 39.2 Å². The van der Waals surface area contributed by atoms with Gasteiger partial charge >= 0.3 is 24.0 Å². The molecular formula is C34H38N4O8S. The number of nitrogens with two attached hydrogens (primary N) is 1. The van der Waals surface area contributed by atoms with E-state index in [0.717, 1.165) is 59.0 Å². The van der Waals surface area contributed by atoms with Crippen LogP contribution in [0.2, 0.25) is 0 Å². The molecule has 248 valence electrons. The number of carboxylic acids is 3. The van der Waals surface area contributed by atoms with Crippen molar-refractivity contribution in [2.45, 2.75) is 50.4 Å². The van der Waals surface area contributed by atoms with Crippen molar-refractivity contribution in [3.8, 4) is 11.1 Å². The van der Waals surface area contributed by atoms with Crippen LogP contribution in [0.3, 0.4) is 0 Å². The summed E-state index contributed by atoms with van der Waals surface area (Å²) in [6.07, 6.45) is 3.77. The molecule has 13 heteroatoms. The summed E-state index contributed by atoms with van der Waals surface area (Å²) in [6.45, 7) is 0.944. The number of carboxylic acid groups (broad SMARTS) is 3. The molecule has 6 rings (SSSR count). The van der Waals surface area contributed by atoms with Crippen LogP contribution in [-0.4, -0.2) is 74.7 Å². The summed E-state index contributed by atoms with van der Waals surface area (Å²) in [5, 5.41) is 32.3. The molecule has 0 spiro atoms. The van der Waals surface area contributed by atoms with E-state index in [-0.39, 0.29) is 24.8 Å². The number of H-pyrrole nitrogens is 1. The number of nitrogens with one attached hydrogen (secondary N) is 3. The number of benzene rings is 3. The van der Waals surface area contributed by atoms with Crippen LogP contribution in [0.4, 0.5) is 4.79 Å². The molecule has 1 saturated heterocycles. The van der Waals surface area contributed by atoms with Gasteiger partial charge in [0.15, 0.2) is 0 Å². The molecule has 2 heterocycles. The second kappa shape index (κ2) is 16.6. The number of alkyl carbamates (subject to hydrolysis) is 1. The Morgan fingerprint density at radius 1 is 0.936 bits per heavy atom. The van der Waals surface area contributed by atoms with E-state index in [1.165, 1.54) is 11.1 Å². The van der Waals surface area contributed by atoms with Gasteiger partial charge in [0.05, 0.1) is 0 Å². The number of para-hydroxylation sites is 1. The van der Waals surface area contributed by atoms with Gasteiger partial charge in [-0.2, -0.15) is 12.6 Å². The van der Waals surface area contributed by atoms with E-state index in [9.17, 15) is 24.3 Å². The molecule has 47 heavy (non-hydrogen) atoms. The van der Waals surface area contributed by atoms with Gasteiger partial charge in [-0.15, -0.1) is 0 Å². The van der Waals surface area contributed by atoms with E-state index in [2.05, 4.69) is 46.4 Å². The summed E-state index contributed by atoms with van der Waals surface area (Å²) >= 11 is 3.65. The largest absolute Gasteiger partial charge is 0.480 e. The van der Waals surface area contributed by atoms with Crippen LogP contribution in [0.15, 0.2) is 72.9 Å². The van der Waals surface area contributed by atoms with Gasteiger partial charge in [0, 0.05) is 29.3 Å². The molecule has 0 bridgehead atoms. The van der Waals surface area contributed by atoms with Gasteiger partial charge < -0.3 is 41.4 Å². The molecule has 8 N–H and O–H groups in total. The van der Waals surface area contributed by atoms with Crippen molar-refractivity contribution in [2.24, 2.45) is 5.73 Å². The Kier molecular flexibility index (Phi) is 12.4. The molecule has 4 aromatic rings. The number of fused-ring (bicyclic) bond motifs is 4. The molecule has 2 unspecified atom stereocenters. The van der Waals surface area contributed by atoms with Crippen molar-refractivity contribution in [1.82, 2.24) is 15.6 Å². The Labute approximate surface area is 276 Å². The number of aromatic nitrogens is 1. The number of hydrogen-bond acceptors (Lipinski definition) is 8. The summed E-state index contributed by atoms with van der Waals surface area (Å²) in [5.74, 6) is -2.64. The highest BCUT2D eigenvalue weighted by Crippen LogP contribution is 2.38. The van der Waals surface area contributed by atoms with E-state index in [1.54, 1.807) is 6.20 Å². The standard InChI is InChI=1S/C26H22N2O4.C5H9NO2.C3H7NO2S/c29-25(30)24(13-18-14-27-23-11-4-3-9-20(18)23)28-26(31)32-15-17-7-5-10-21-19-8-2-1-6-16(19)12-22(17)21;7-5(8)4-2-1-3-6-4;4-2(1-7)3(5)6/h1-11,14,24,27H,12-13,15H2,(H,28,31)(H,29,30);4,6H,1-3H2,(H,7,8);2,7H,1,4H2,(H,5,6)/t;4-;/m.0./s1. The van der Waals surface area contributed by atoms with E-state index in [1.807, 2.05) is 48.5 Å². The van der Waals surface area contributed by atoms with Crippen LogP contribution in [0.5, 0.6) is 0 Å². The van der Waals surface area contributed by atoms with Crippen LogP contribution in [0.25, 0.3) is 22.0 Å². The third-order valence-electron chi connectivity index (χ3n) is 7.87. The van der Waals surface area contributed by atoms with E-state index in [4.69, 9.17) is 20.7 Å². The average molecular weight is 663 g/mol. The van der Waals surface area contributed by atoms with Crippen LogP contribution in [0, 0.1) is 0 Å². The van der Waals surface area contributed by atoms with Crippen LogP contribution >= 0.6 is 12.6 Å². The summed E-state index contributed by atoms with van der Waals surface area (Å²) in [5.41, 5.74) is 12.4. The van der Waals surface area contributed by atoms with Gasteiger partial charge in [-0.05, 0) is 65.3 Å². The number of amides is 1. The minimum atomic E-state index is -1.11. The number of aliphatic carboxylic acids is 3. The SMILES string of the molecule is NC(CS)C(=O)O.O=C(NC(Cc1c[nH]c2ccccc12)C(=O)O)OCc1cccc2c1Cc1ccccc1-2.O=C(O)[C@@H]1CCCN1. The topological polar surface area (TPSA) is 204 Å². The Morgan fingerprint density at radius 2 is 1.66 bits per heavy atom. The highest BCUT2D eigenvalue weighted by molar-refractivity contribution is 7.80. The van der Waals surface area contributed by atoms with E-state index in [0.29, 0.717) is 0 Å². The maximum absolute atomic E-state index is 12.4. The van der Waals surface area contributed by atoms with Crippen molar-refractivity contribution >= 4 is 47.5 Å². The van der Waals surface area contributed by atoms with Gasteiger partial charge in [-0.3, -0.25) is 9.59 Å². The highest BCUT2D eigenvalue weighted by Gasteiger charge is 2.24. The van der Waals surface area contributed by atoms with Gasteiger partial charge in [0.25, 0.3) is 0 Å². The summed E-state index contributed by atoms with van der Waals surface area (Å²) in [7, 11) is 0. The van der Waals surface area contributed by atoms with Crippen molar-refractivity contribution in [2.75, 3.05) is 12.3 Å². The van der Waals surface area contributed by atoms with Gasteiger partial charge in [0.1, 0.15) is 24.7 Å². The minimum absolute atomic E-state index is 0.0857. The lowest BCUT2D eigenvalue weighted by atomic mass is 10.0. The van der Waals surface area contributed by atoms with Crippen LogP contribution in [-0.2, 0) is 38.6 Å². The first-order valence-electron chi connectivity index (χ1n) is 15.0. The number of rotatable bonds is 9. The van der Waals surface area contributed by atoms with Crippen LogP contribution < -0.4 is 16.4 Å². The second-order valence-electron chi connectivity index (χ2n) is 11.1. The Hall–Kier alpha value is -4.85. The highest BCUT2D eigenvalue weighted by atomic mass is 32.1. The lowest BCUT2D eigenvalue weighted by molar-refractivity contribution is -0.140. The smallest absolute Gasteiger partial charge is 0.408 e. The Morgan fingerprint density at radius 3 is 2.30 bits per heavy atom. The zero-order valence-corrected chi connectivity index (χ0v) is 26.4. The molecule has 1 fully saturated rings. The molecule has 12 nitrogen and oxygen atoms in total. The molecule has 1 aliphatic heterocycles. The fraction of sp³-hybridized carbons (Fsp3) is 0.294. The second-order valence-corrected chi connectivity index (χ2v) is 11.4. The van der Waals surface area contributed by atoms with Gasteiger partial charge in [-0.25, -0.2) is 9.59 Å². The molecule has 3 aromatic carbocycles. The van der Waals surface area contributed by atoms with Gasteiger partial charge in [-0.1, -0.05) is 60.7 Å². The zero-order valence-electron chi connectivity index (χ0n) is 25.5. The number of carbonyl (C=O) groups is 4. The molecule has 1 aliphatic carbocycles. The third kappa shape index (κ3) is 9.35. The third-order valence-corrected chi connectivity index (χ3v) is 8.26. The molecule has 0 radical (unpaired) electrons. The minimum Gasteiger partial charge on any atom is -0.480 e. The van der Waals surface area contributed by atoms with Crippen molar-refractivity contribution in [3.63, 3.8) is 0 Å². The predicted octanol–water partition coefficient (Wildman–Crippen LogP) is 3.81. The Balaban J connectivity index is 0.000000276. The maximum Gasteiger partial charge on any atom is 0.408 e. The fourth-order valence-electron chi connectivity index (χ4n) is 5.38. The number of thiol groups is 1. The summed E-state index contributed by atoms with van der Waals surface area (Å²) in [6, 6.07) is 19.7. The number of hydrogen-bond donors (Lipinski definition) is 8. The summed E-state index contributed by atoms with van der Waals surface area (Å²) < 4.78 is 5.42. The first-order chi connectivity index (χ1) is 22.6. The molecular weight excluding hydrogens is 624 g/mol. The number of aromatic amines is 1. The number of ether oxygens (including phenoxy) is 1. The zero-order chi connectivity index (χ0) is 33.9. The quantitative estimate of drug-likeness (QED) is 0.107. The van der Waals surface area contributed by atoms with Crippen molar-refractivity contribution in [3.05, 3.63) is 95.2 Å². The van der Waals surface area contributed by atoms with Crippen molar-refractivity contribution in [1.29, 1.82) is 0 Å². The normalized spacial score (nSPS) is 15.5. The Bertz CT molecular complexity index is 1720. The first-order valence-corrected chi connectivity index (χ1v) is 15.7. The van der Waals surface area contributed by atoms with E-state index < -0.39 is 36.1 Å². The lowest BCUT2D eigenvalue weighted by Gasteiger charge is -2.15. The number of carbonyl (C=O) groups excluding carboxylic acids is 1. The average Bonchev–Trinajstić information content (AvgIpc) is 3.83. The monoisotopic (exact) mass is 662 g/mol. The summed E-state index contributed by atoms with van der Waals surface area (Å²) in [4.78, 5) is 47.2. The first kappa shape index (κ1) is 35.0. The van der Waals surface area contributed by atoms with E-state index >= 15 is 0 Å². The molecule has 0 saturated carbocycles. The maximum atomic E-state index is 12.4. The molecule has 1 aromatic heterocycles. The molecule has 2 aliphatic rings. The lowest BCUT2D eigenvalue weighted by Crippen LogP contribution is -2.42.